The number of nitrogens with two attached hydrogens (primary N) is 2. The summed E-state index contributed by atoms with van der Waals surface area (Å²) >= 11 is 0. The first-order chi connectivity index (χ1) is 7.97. The third kappa shape index (κ3) is 2.96. The number of nitrogens with zero attached hydrogens (tertiary/aromatic N) is 1. The van der Waals surface area contributed by atoms with Crippen LogP contribution in [-0.4, -0.2) is 25.4 Å². The van der Waals surface area contributed by atoms with E-state index in [2.05, 4.69) is 0 Å². The lowest BCUT2D eigenvalue weighted by Gasteiger charge is -2.21. The molecule has 0 spiro atoms. The Morgan fingerprint density at radius 1 is 1.24 bits per heavy atom. The van der Waals surface area contributed by atoms with Gasteiger partial charge < -0.3 is 16.4 Å². The third-order valence-electron chi connectivity index (χ3n) is 2.52. The van der Waals surface area contributed by atoms with Crippen LogP contribution in [0.25, 0.3) is 0 Å². The van der Waals surface area contributed by atoms with E-state index in [9.17, 15) is 9.59 Å². The van der Waals surface area contributed by atoms with Crippen molar-refractivity contribution in [1.82, 2.24) is 0 Å². The highest BCUT2D eigenvalue weighted by atomic mass is 16.1. The van der Waals surface area contributed by atoms with E-state index in [1.54, 1.807) is 6.07 Å². The summed E-state index contributed by atoms with van der Waals surface area (Å²) in [6.45, 7) is 2.79. The molecule has 2 amide bonds. The molecule has 0 fully saturated rings. The molecular formula is C12H17N3O2. The Morgan fingerprint density at radius 3 is 2.35 bits per heavy atom. The number of amides is 2. The molecule has 92 valence electrons. The minimum Gasteiger partial charge on any atom is -0.374 e. The summed E-state index contributed by atoms with van der Waals surface area (Å²) in [5.41, 5.74) is 11.9. The predicted octanol–water partition coefficient (Wildman–Crippen LogP) is 0.731. The molecular weight excluding hydrogens is 218 g/mol. The van der Waals surface area contributed by atoms with Gasteiger partial charge in [-0.25, -0.2) is 0 Å². The quantitative estimate of drug-likeness (QED) is 0.788. The lowest BCUT2D eigenvalue weighted by Crippen LogP contribution is -2.24. The minimum absolute atomic E-state index is 0.368. The summed E-state index contributed by atoms with van der Waals surface area (Å²) in [5, 5.41) is 0. The smallest absolute Gasteiger partial charge is 0.250 e. The van der Waals surface area contributed by atoms with Crippen LogP contribution in [0, 0.1) is 0 Å². The molecule has 0 saturated carbocycles. The molecule has 0 unspecified atom stereocenters. The topological polar surface area (TPSA) is 89.4 Å². The molecule has 0 aliphatic heterocycles. The highest BCUT2D eigenvalue weighted by Gasteiger charge is 2.13. The molecule has 1 rings (SSSR count). The van der Waals surface area contributed by atoms with E-state index in [-0.39, 0.29) is 0 Å². The summed E-state index contributed by atoms with van der Waals surface area (Å²) in [6, 6.07) is 4.63. The predicted molar refractivity (Wildman–Crippen MR) is 67.0 cm³/mol. The molecule has 0 saturated heterocycles. The highest BCUT2D eigenvalue weighted by Crippen LogP contribution is 2.21. The first kappa shape index (κ1) is 13.0. The molecule has 4 N–H and O–H groups in total. The monoisotopic (exact) mass is 235 g/mol. The maximum Gasteiger partial charge on any atom is 0.250 e. The number of anilines is 1. The average molecular weight is 235 g/mol. The second-order valence-corrected chi connectivity index (χ2v) is 3.88. The molecule has 0 aliphatic rings. The number of benzene rings is 1. The van der Waals surface area contributed by atoms with Crippen LogP contribution in [0.5, 0.6) is 0 Å². The summed E-state index contributed by atoms with van der Waals surface area (Å²) in [6.07, 6.45) is 0.926. The fourth-order valence-corrected chi connectivity index (χ4v) is 1.66. The maximum absolute atomic E-state index is 11.3. The third-order valence-corrected chi connectivity index (χ3v) is 2.52. The van der Waals surface area contributed by atoms with Crippen LogP contribution >= 0.6 is 0 Å². The molecule has 0 radical (unpaired) electrons. The van der Waals surface area contributed by atoms with Crippen molar-refractivity contribution in [1.29, 1.82) is 0 Å². The van der Waals surface area contributed by atoms with Gasteiger partial charge in [-0.3, -0.25) is 9.59 Å². The molecule has 0 heterocycles. The van der Waals surface area contributed by atoms with E-state index in [1.165, 1.54) is 12.1 Å². The van der Waals surface area contributed by atoms with Gasteiger partial charge in [0.15, 0.2) is 0 Å². The second kappa shape index (κ2) is 5.34. The lowest BCUT2D eigenvalue weighted by molar-refractivity contribution is 0.0988. The summed E-state index contributed by atoms with van der Waals surface area (Å²) < 4.78 is 0. The zero-order valence-electron chi connectivity index (χ0n) is 10.1. The molecule has 0 bridgehead atoms. The van der Waals surface area contributed by atoms with Crippen molar-refractivity contribution < 1.29 is 9.59 Å². The van der Waals surface area contributed by atoms with Crippen molar-refractivity contribution >= 4 is 17.5 Å². The van der Waals surface area contributed by atoms with E-state index >= 15 is 0 Å². The molecule has 0 atom stereocenters. The zero-order valence-corrected chi connectivity index (χ0v) is 10.1. The fraction of sp³-hybridized carbons (Fsp3) is 0.333. The first-order valence-electron chi connectivity index (χ1n) is 5.42. The van der Waals surface area contributed by atoms with Gasteiger partial charge in [0, 0.05) is 19.2 Å². The van der Waals surface area contributed by atoms with Crippen LogP contribution in [0.3, 0.4) is 0 Å². The van der Waals surface area contributed by atoms with Crippen molar-refractivity contribution in [2.24, 2.45) is 11.5 Å². The fourth-order valence-electron chi connectivity index (χ4n) is 1.66. The first-order valence-corrected chi connectivity index (χ1v) is 5.42. The molecule has 0 aliphatic carbocycles. The SMILES string of the molecule is CCCN(C)c1cc(C(N)=O)ccc1C(N)=O. The van der Waals surface area contributed by atoms with Gasteiger partial charge in [0.05, 0.1) is 11.3 Å². The molecule has 1 aromatic carbocycles. The number of carbonyl (C=O) groups is 2. The van der Waals surface area contributed by atoms with Crippen LogP contribution in [-0.2, 0) is 0 Å². The second-order valence-electron chi connectivity index (χ2n) is 3.88. The van der Waals surface area contributed by atoms with E-state index in [0.29, 0.717) is 16.8 Å². The number of hydrogen-bond donors (Lipinski definition) is 2. The van der Waals surface area contributed by atoms with Crippen molar-refractivity contribution in [3.05, 3.63) is 29.3 Å². The van der Waals surface area contributed by atoms with E-state index < -0.39 is 11.8 Å². The zero-order chi connectivity index (χ0) is 13.0. The summed E-state index contributed by atoms with van der Waals surface area (Å²) in [7, 11) is 1.84. The van der Waals surface area contributed by atoms with Crippen LogP contribution in [0.4, 0.5) is 5.69 Å². The van der Waals surface area contributed by atoms with Gasteiger partial charge in [-0.05, 0) is 24.6 Å². The summed E-state index contributed by atoms with van der Waals surface area (Å²) in [4.78, 5) is 24.3. The average Bonchev–Trinajstić information content (AvgIpc) is 2.28. The summed E-state index contributed by atoms with van der Waals surface area (Å²) in [5.74, 6) is -1.04. The maximum atomic E-state index is 11.3. The van der Waals surface area contributed by atoms with Gasteiger partial charge in [-0.15, -0.1) is 0 Å². The molecule has 1 aromatic rings. The normalized spacial score (nSPS) is 10.0. The number of rotatable bonds is 5. The van der Waals surface area contributed by atoms with Crippen LogP contribution in [0.2, 0.25) is 0 Å². The van der Waals surface area contributed by atoms with Crippen molar-refractivity contribution in [2.45, 2.75) is 13.3 Å². The Bertz CT molecular complexity index is 443. The lowest BCUT2D eigenvalue weighted by atomic mass is 10.1. The number of primary amides is 2. The molecule has 17 heavy (non-hydrogen) atoms. The highest BCUT2D eigenvalue weighted by molar-refractivity contribution is 6.01. The molecule has 0 aromatic heterocycles. The van der Waals surface area contributed by atoms with E-state index in [0.717, 1.165) is 13.0 Å². The van der Waals surface area contributed by atoms with Gasteiger partial charge in [-0.2, -0.15) is 0 Å². The van der Waals surface area contributed by atoms with E-state index in [4.69, 9.17) is 11.5 Å². The standard InChI is InChI=1S/C12H17N3O2/c1-3-6-15(2)10-7-8(11(13)16)4-5-9(10)12(14)17/h4-5,7H,3,6H2,1-2H3,(H2,13,16)(H2,14,17). The minimum atomic E-state index is -0.521. The van der Waals surface area contributed by atoms with Gasteiger partial charge in [-0.1, -0.05) is 6.92 Å². The van der Waals surface area contributed by atoms with Crippen LogP contribution in [0.1, 0.15) is 34.1 Å². The van der Waals surface area contributed by atoms with Gasteiger partial charge >= 0.3 is 0 Å². The van der Waals surface area contributed by atoms with Crippen LogP contribution < -0.4 is 16.4 Å². The van der Waals surface area contributed by atoms with Crippen molar-refractivity contribution in [3.8, 4) is 0 Å². The largest absolute Gasteiger partial charge is 0.374 e. The number of carbonyl (C=O) groups excluding carboxylic acids is 2. The Kier molecular flexibility index (Phi) is 4.09. The Morgan fingerprint density at radius 2 is 1.88 bits per heavy atom. The Hall–Kier alpha value is -2.04. The molecule has 5 nitrogen and oxygen atoms in total. The van der Waals surface area contributed by atoms with Crippen LogP contribution in [0.15, 0.2) is 18.2 Å². The van der Waals surface area contributed by atoms with Gasteiger partial charge in [0.25, 0.3) is 5.91 Å². The van der Waals surface area contributed by atoms with Gasteiger partial charge in [0.1, 0.15) is 0 Å². The Balaban J connectivity index is 3.24. The van der Waals surface area contributed by atoms with Crippen molar-refractivity contribution in [2.75, 3.05) is 18.5 Å². The van der Waals surface area contributed by atoms with Gasteiger partial charge in [0.2, 0.25) is 5.91 Å². The van der Waals surface area contributed by atoms with Crippen molar-refractivity contribution in [3.63, 3.8) is 0 Å². The molecule has 5 heteroatoms. The number of hydrogen-bond acceptors (Lipinski definition) is 3. The van der Waals surface area contributed by atoms with E-state index in [1.807, 2.05) is 18.9 Å². The Labute approximate surface area is 100 Å².